The van der Waals surface area contributed by atoms with E-state index in [-0.39, 0.29) is 72.3 Å². The van der Waals surface area contributed by atoms with Gasteiger partial charge in [-0.15, -0.1) is 0 Å². The number of allylic oxidation sites excluding steroid dienone is 2. The predicted molar refractivity (Wildman–Crippen MR) is 343 cm³/mol. The SMILES string of the molecule is CC(C)=CCc1c(O)cc2oc(C)cc(=O)c2c1O.CCC(=O)OC1C(OC2C(C)C(OC3CC(C)(OC)C(O)C(C)O3)C(C)C(=O)OC(CC)C(C)(O)C(O)C(C)C(=O)C(C)CC2(C)O)OC(C)CC1N(C)C.CCCCCCCCCCCCOS(=O)(=O)O. The molecular weight excluding hydrogens is 1200 g/mol. The molecule has 5 rings (SSSR count). The molecule has 3 fully saturated rings. The third kappa shape index (κ3) is 23.6. The molecule has 0 radical (unpaired) electrons. The number of aliphatic hydroxyl groups excluding tert-OH is 2. The molecule has 7 N–H and O–H groups in total. The van der Waals surface area contributed by atoms with Gasteiger partial charge in [-0.05, 0) is 109 Å². The van der Waals surface area contributed by atoms with E-state index in [0.717, 1.165) is 18.4 Å². The van der Waals surface area contributed by atoms with Gasteiger partial charge in [0.1, 0.15) is 51.8 Å². The maximum atomic E-state index is 14.2. The second-order valence-corrected chi connectivity index (χ2v) is 27.6. The Morgan fingerprint density at radius 2 is 1.41 bits per heavy atom. The van der Waals surface area contributed by atoms with E-state index < -0.39 is 124 Å². The van der Waals surface area contributed by atoms with E-state index in [1.807, 2.05) is 45.8 Å². The Morgan fingerprint density at radius 1 is 0.813 bits per heavy atom. The highest BCUT2D eigenvalue weighted by Gasteiger charge is 2.54. The van der Waals surface area contributed by atoms with Gasteiger partial charge < -0.3 is 73.1 Å². The average molecular weight is 1320 g/mol. The zero-order chi connectivity index (χ0) is 69.1. The Balaban J connectivity index is 0.000000483. The summed E-state index contributed by atoms with van der Waals surface area (Å²) in [6, 6.07) is 2.38. The van der Waals surface area contributed by atoms with Crippen LogP contribution in [0.15, 0.2) is 33.0 Å². The molecule has 0 amide bonds. The molecule has 1 aromatic carbocycles. The van der Waals surface area contributed by atoms with Gasteiger partial charge in [0.25, 0.3) is 0 Å². The second kappa shape index (κ2) is 36.7. The number of hydrogen-bond acceptors (Lipinski definition) is 22. The van der Waals surface area contributed by atoms with E-state index in [1.54, 1.807) is 55.4 Å². The molecule has 91 heavy (non-hydrogen) atoms. The number of aromatic hydroxyl groups is 2. The number of phenolic OH excluding ortho intramolecular Hbond substituents is 2. The molecule has 3 saturated heterocycles. The highest BCUT2D eigenvalue weighted by Crippen LogP contribution is 2.42. The van der Waals surface area contributed by atoms with Gasteiger partial charge in [-0.2, -0.15) is 8.42 Å². The lowest BCUT2D eigenvalue weighted by Gasteiger charge is -2.49. The number of ether oxygens (including phenoxy) is 7. The van der Waals surface area contributed by atoms with Crippen molar-refractivity contribution < 1.29 is 99.8 Å². The third-order valence-corrected chi connectivity index (χ3v) is 18.5. The summed E-state index contributed by atoms with van der Waals surface area (Å²) in [6.07, 6.45) is 4.41. The first-order chi connectivity index (χ1) is 42.3. The van der Waals surface area contributed by atoms with E-state index in [9.17, 15) is 58.2 Å². The summed E-state index contributed by atoms with van der Waals surface area (Å²) in [5, 5.41) is 66.8. The lowest BCUT2D eigenvalue weighted by atomic mass is 9.74. The van der Waals surface area contributed by atoms with Crippen molar-refractivity contribution in [2.75, 3.05) is 27.8 Å². The molecule has 1 aromatic heterocycles. The number of methoxy groups -OCH3 is 1. The maximum Gasteiger partial charge on any atom is 0.397 e. The Labute approximate surface area is 540 Å². The number of Topliss-reactive ketones (excluding diaryl/α,β-unsaturated/α-hetero) is 1. The number of aryl methyl sites for hydroxylation is 1. The van der Waals surface area contributed by atoms with Crippen LogP contribution in [-0.2, 0) is 68.5 Å². The summed E-state index contributed by atoms with van der Waals surface area (Å²) in [4.78, 5) is 54.8. The quantitative estimate of drug-likeness (QED) is 0.0236. The average Bonchev–Trinajstić information content (AvgIpc) is 0.804. The number of fused-ring (bicyclic) bond motifs is 1. The topological polar surface area (TPSA) is 334 Å². The molecule has 524 valence electrons. The molecule has 4 heterocycles. The fraction of sp³-hybridized carbons (Fsp3) is 0.791. The largest absolute Gasteiger partial charge is 0.507 e. The van der Waals surface area contributed by atoms with E-state index in [0.29, 0.717) is 30.6 Å². The van der Waals surface area contributed by atoms with Crippen molar-refractivity contribution in [3.05, 3.63) is 45.3 Å². The summed E-state index contributed by atoms with van der Waals surface area (Å²) in [5.41, 5.74) is -3.63. The molecule has 0 bridgehead atoms. The minimum absolute atomic E-state index is 0.0729. The summed E-state index contributed by atoms with van der Waals surface area (Å²) in [6.45, 7) is 25.8. The zero-order valence-corrected chi connectivity index (χ0v) is 58.3. The number of phenols is 2. The number of ketones is 1. The number of cyclic esters (lactones) is 1. The van der Waals surface area contributed by atoms with Crippen molar-refractivity contribution >= 4 is 39.1 Å². The monoisotopic (exact) mass is 1320 g/mol. The fourth-order valence-corrected chi connectivity index (χ4v) is 12.8. The van der Waals surface area contributed by atoms with Crippen LogP contribution in [-0.4, -0.2) is 178 Å². The number of unbranched alkanes of at least 4 members (excludes halogenated alkanes) is 9. The van der Waals surface area contributed by atoms with Crippen molar-refractivity contribution in [2.45, 2.75) is 291 Å². The van der Waals surface area contributed by atoms with Crippen molar-refractivity contribution in [1.82, 2.24) is 4.90 Å². The number of esters is 2. The van der Waals surface area contributed by atoms with Crippen LogP contribution in [0, 0.1) is 30.6 Å². The first-order valence-corrected chi connectivity index (χ1v) is 34.0. The minimum atomic E-state index is -4.23. The summed E-state index contributed by atoms with van der Waals surface area (Å²) in [7, 11) is 0.973. The van der Waals surface area contributed by atoms with Crippen LogP contribution in [0.25, 0.3) is 11.0 Å². The molecule has 3 aliphatic rings. The van der Waals surface area contributed by atoms with Crippen molar-refractivity contribution in [2.24, 2.45) is 23.7 Å². The lowest BCUT2D eigenvalue weighted by molar-refractivity contribution is -0.319. The van der Waals surface area contributed by atoms with Gasteiger partial charge in [0.05, 0.1) is 60.3 Å². The van der Waals surface area contributed by atoms with Gasteiger partial charge >= 0.3 is 22.3 Å². The summed E-state index contributed by atoms with van der Waals surface area (Å²) >= 11 is 0. The Bertz CT molecular complexity index is 2800. The smallest absolute Gasteiger partial charge is 0.397 e. The first kappa shape index (κ1) is 81.1. The van der Waals surface area contributed by atoms with E-state index in [1.165, 1.54) is 85.0 Å². The molecule has 3 aliphatic heterocycles. The molecular formula is C67H113NO22S. The standard InChI is InChI=1S/C40H71NO14.C15H16O4.C12H26O4S/c1-15-27-40(11,48)33(44)22(5)30(43)20(3)18-38(9,47)35(55-37-32(53-28(42)16-2)26(41(12)13)17-21(4)50-37)23(6)31(24(7)36(46)52-27)54-29-19-39(10,49-14)34(45)25(8)51-29;1-8(2)4-5-10-11(16)7-13-14(15(10)18)12(17)6-9(3)19-13;1-2-3-4-5-6-7-8-9-10-11-12-16-17(13,14)15/h20-27,29,31-35,37,44-45,47-48H,15-19H2,1-14H3;4,6-7,16,18H,5H2,1-3H3;2-12H2,1H3,(H,13,14,15). The number of likely N-dealkylation sites (N-methyl/N-ethyl adjacent to an activating group) is 1. The molecule has 18 unspecified atom stereocenters. The van der Waals surface area contributed by atoms with Crippen molar-refractivity contribution in [1.29, 1.82) is 0 Å². The number of benzene rings is 1. The third-order valence-electron chi connectivity index (χ3n) is 18.0. The number of carbonyl (C=O) groups excluding carboxylic acids is 3. The molecule has 0 spiro atoms. The normalized spacial score (nSPS) is 32.8. The van der Waals surface area contributed by atoms with Gasteiger partial charge in [0.2, 0.25) is 0 Å². The number of hydrogen-bond donors (Lipinski definition) is 7. The first-order valence-electron chi connectivity index (χ1n) is 32.6. The Hall–Kier alpha value is -4.15. The molecule has 18 atom stereocenters. The Kier molecular flexibility index (Phi) is 32.7. The van der Waals surface area contributed by atoms with Crippen LogP contribution in [0.2, 0.25) is 0 Å². The number of nitrogens with zero attached hydrogens (tertiary/aromatic N) is 1. The van der Waals surface area contributed by atoms with Gasteiger partial charge in [-0.25, -0.2) is 4.18 Å². The van der Waals surface area contributed by atoms with Gasteiger partial charge in [-0.3, -0.25) is 23.7 Å². The van der Waals surface area contributed by atoms with Gasteiger partial charge in [-0.1, -0.05) is 111 Å². The summed E-state index contributed by atoms with van der Waals surface area (Å²) in [5.74, 6) is -5.43. The zero-order valence-electron chi connectivity index (χ0n) is 57.5. The molecule has 2 aromatic rings. The fourth-order valence-electron chi connectivity index (χ4n) is 12.5. The van der Waals surface area contributed by atoms with E-state index in [4.69, 9.17) is 42.1 Å². The van der Waals surface area contributed by atoms with Crippen LogP contribution >= 0.6 is 0 Å². The lowest BCUT2D eigenvalue weighted by Crippen LogP contribution is -2.61. The van der Waals surface area contributed by atoms with E-state index in [2.05, 4.69) is 11.1 Å². The number of carbonyl (C=O) groups is 3. The highest BCUT2D eigenvalue weighted by molar-refractivity contribution is 7.80. The van der Waals surface area contributed by atoms with Crippen LogP contribution in [0.4, 0.5) is 0 Å². The van der Waals surface area contributed by atoms with Crippen LogP contribution < -0.4 is 5.43 Å². The highest BCUT2D eigenvalue weighted by atomic mass is 32.3. The van der Waals surface area contributed by atoms with Crippen LogP contribution in [0.5, 0.6) is 11.5 Å². The van der Waals surface area contributed by atoms with Gasteiger partial charge in [0.15, 0.2) is 24.1 Å². The van der Waals surface area contributed by atoms with Crippen LogP contribution in [0.1, 0.15) is 205 Å². The molecule has 24 heteroatoms. The Morgan fingerprint density at radius 3 is 1.95 bits per heavy atom. The van der Waals surface area contributed by atoms with Crippen molar-refractivity contribution in [3.63, 3.8) is 0 Å². The molecule has 23 nitrogen and oxygen atoms in total. The number of aliphatic hydroxyl groups is 4. The summed E-state index contributed by atoms with van der Waals surface area (Å²) < 4.78 is 82.0. The van der Waals surface area contributed by atoms with Crippen LogP contribution in [0.3, 0.4) is 0 Å². The predicted octanol–water partition coefficient (Wildman–Crippen LogP) is 9.49. The molecule has 0 aliphatic carbocycles. The van der Waals surface area contributed by atoms with Crippen molar-refractivity contribution in [3.8, 4) is 11.5 Å². The molecule has 0 saturated carbocycles. The van der Waals surface area contributed by atoms with Gasteiger partial charge in [0, 0.05) is 55.4 Å². The number of rotatable bonds is 23. The van der Waals surface area contributed by atoms with E-state index >= 15 is 0 Å². The second-order valence-electron chi connectivity index (χ2n) is 26.5. The maximum absolute atomic E-state index is 14.2. The minimum Gasteiger partial charge on any atom is -0.507 e.